The second-order valence-electron chi connectivity index (χ2n) is 8.41. The van der Waals surface area contributed by atoms with Crippen LogP contribution in [0.3, 0.4) is 0 Å². The molecule has 33 heavy (non-hydrogen) atoms. The number of likely N-dealkylation sites (N-methyl/N-ethyl adjacent to an activating group) is 1. The highest BCUT2D eigenvalue weighted by Gasteiger charge is 2.42. The molecule has 1 atom stereocenters. The van der Waals surface area contributed by atoms with E-state index >= 15 is 0 Å². The van der Waals surface area contributed by atoms with Crippen LogP contribution in [0.2, 0.25) is 0 Å². The van der Waals surface area contributed by atoms with Crippen LogP contribution in [0.5, 0.6) is 0 Å². The fourth-order valence-electron chi connectivity index (χ4n) is 3.96. The van der Waals surface area contributed by atoms with Crippen molar-refractivity contribution in [1.29, 1.82) is 0 Å². The maximum absolute atomic E-state index is 13.9. The van der Waals surface area contributed by atoms with Gasteiger partial charge in [0.2, 0.25) is 0 Å². The predicted octanol–water partition coefficient (Wildman–Crippen LogP) is 4.61. The number of fused-ring (bicyclic) bond motifs is 1. The van der Waals surface area contributed by atoms with Crippen molar-refractivity contribution in [2.24, 2.45) is 10.8 Å². The Morgan fingerprint density at radius 3 is 2.52 bits per heavy atom. The number of nitrogens with zero attached hydrogens (tertiary/aromatic N) is 3. The number of hydrogen-bond acceptors (Lipinski definition) is 4. The number of carbonyl (C=O) groups is 1. The summed E-state index contributed by atoms with van der Waals surface area (Å²) in [7, 11) is 4.04. The van der Waals surface area contributed by atoms with Crippen LogP contribution in [-0.4, -0.2) is 44.0 Å². The minimum Gasteiger partial charge on any atom is -0.379 e. The molecule has 4 N–H and O–H groups in total. The van der Waals surface area contributed by atoms with E-state index in [1.54, 1.807) is 12.1 Å². The zero-order valence-electron chi connectivity index (χ0n) is 19.0. The molecular weight excluding hydrogens is 419 g/mol. The number of benzene rings is 3. The second kappa shape index (κ2) is 9.01. The quantitative estimate of drug-likeness (QED) is 0.483. The molecule has 3 aromatic carbocycles. The monoisotopic (exact) mass is 447 g/mol. The summed E-state index contributed by atoms with van der Waals surface area (Å²) in [5, 5.41) is 10.2. The molecule has 2 amide bonds. The normalized spacial score (nSPS) is 16.9. The molecule has 3 aromatic rings. The van der Waals surface area contributed by atoms with Gasteiger partial charge in [-0.3, -0.25) is 0 Å². The van der Waals surface area contributed by atoms with Crippen LogP contribution in [-0.2, 0) is 0 Å². The Balaban J connectivity index is 1.58. The largest absolute Gasteiger partial charge is 0.379 e. The summed E-state index contributed by atoms with van der Waals surface area (Å²) in [6, 6.07) is 19.5. The molecule has 0 bridgehead atoms. The number of quaternary nitrogens is 1. The highest BCUT2D eigenvalue weighted by atomic mass is 19.1. The molecule has 0 saturated carbocycles. The van der Waals surface area contributed by atoms with E-state index in [-0.39, 0.29) is 10.3 Å². The summed E-state index contributed by atoms with van der Waals surface area (Å²) in [4.78, 5) is 14.5. The van der Waals surface area contributed by atoms with Crippen LogP contribution in [0.1, 0.15) is 11.1 Å². The minimum absolute atomic E-state index is 0.135. The molecular formula is C25H28FN6O+. The number of nitrogens with two attached hydrogens (primary N) is 1. The van der Waals surface area contributed by atoms with E-state index in [1.807, 2.05) is 69.6 Å². The number of rotatable bonds is 6. The number of aryl methyl sites for hydroxylation is 1. The first-order valence-electron chi connectivity index (χ1n) is 10.7. The molecule has 8 heteroatoms. The maximum Gasteiger partial charge on any atom is 0.323 e. The zero-order valence-corrected chi connectivity index (χ0v) is 19.0. The van der Waals surface area contributed by atoms with Crippen molar-refractivity contribution in [1.82, 2.24) is 9.49 Å². The Bertz CT molecular complexity index is 1210. The Morgan fingerprint density at radius 1 is 1.06 bits per heavy atom. The van der Waals surface area contributed by atoms with E-state index in [9.17, 15) is 9.18 Å². The number of urea groups is 1. The van der Waals surface area contributed by atoms with Crippen molar-refractivity contribution in [3.05, 3.63) is 83.7 Å². The van der Waals surface area contributed by atoms with E-state index in [0.717, 1.165) is 29.0 Å². The van der Waals surface area contributed by atoms with Crippen LogP contribution in [0.15, 0.2) is 71.8 Å². The highest BCUT2D eigenvalue weighted by molar-refractivity contribution is 6.06. The number of nitrogens with one attached hydrogen (secondary N) is 2. The highest BCUT2D eigenvalue weighted by Crippen LogP contribution is 2.42. The smallest absolute Gasteiger partial charge is 0.323 e. The van der Waals surface area contributed by atoms with Crippen LogP contribution in [0.4, 0.5) is 31.9 Å². The van der Waals surface area contributed by atoms with Gasteiger partial charge in [-0.25, -0.2) is 9.18 Å². The molecule has 0 aliphatic carbocycles. The molecule has 4 rings (SSSR count). The molecule has 170 valence electrons. The van der Waals surface area contributed by atoms with Crippen molar-refractivity contribution >= 4 is 34.6 Å². The third kappa shape index (κ3) is 4.57. The summed E-state index contributed by atoms with van der Waals surface area (Å²) >= 11 is 0. The van der Waals surface area contributed by atoms with Crippen LogP contribution >= 0.6 is 0 Å². The average molecular weight is 448 g/mol. The number of carbonyl (C=O) groups excluding carboxylic acids is 1. The van der Waals surface area contributed by atoms with Gasteiger partial charge < -0.3 is 21.3 Å². The molecule has 0 aromatic heterocycles. The Hall–Kier alpha value is -3.75. The predicted molar refractivity (Wildman–Crippen MR) is 132 cm³/mol. The lowest BCUT2D eigenvalue weighted by molar-refractivity contribution is 0.262. The third-order valence-corrected chi connectivity index (χ3v) is 5.65. The average Bonchev–Trinajstić information content (AvgIpc) is 3.08. The first-order valence-corrected chi connectivity index (χ1v) is 10.7. The summed E-state index contributed by atoms with van der Waals surface area (Å²) in [6.45, 7) is 3.34. The Kier molecular flexibility index (Phi) is 6.13. The minimum atomic E-state index is -0.516. The van der Waals surface area contributed by atoms with Gasteiger partial charge in [0.15, 0.2) is 17.2 Å². The van der Waals surface area contributed by atoms with Crippen LogP contribution < -0.4 is 21.0 Å². The van der Waals surface area contributed by atoms with Gasteiger partial charge in [0.25, 0.3) is 0 Å². The topological polar surface area (TPSA) is 82.8 Å². The van der Waals surface area contributed by atoms with Gasteiger partial charge in [-0.05, 0) is 56.9 Å². The summed E-state index contributed by atoms with van der Waals surface area (Å²) < 4.78 is 14.2. The van der Waals surface area contributed by atoms with E-state index in [2.05, 4.69) is 15.5 Å². The molecule has 0 fully saturated rings. The molecule has 1 heterocycles. The van der Waals surface area contributed by atoms with E-state index in [1.165, 1.54) is 6.07 Å². The van der Waals surface area contributed by atoms with Crippen molar-refractivity contribution in [3.8, 4) is 0 Å². The molecule has 1 aliphatic heterocycles. The fourth-order valence-corrected chi connectivity index (χ4v) is 3.96. The van der Waals surface area contributed by atoms with Gasteiger partial charge in [-0.1, -0.05) is 23.3 Å². The standard InChI is InChI=1S/C25H27FN6O/c1-17-8-13-21(26)22(16-17)29-25(33)28-18-9-11-19(12-10-18)32(15-14-31(2)3)23-7-5-4-6-20(23)24(27)30-32/h4-13,16H,14-15H2,1-3H3,(H3-,27,28,29,30,33)/p+1. The number of amidine groups is 1. The molecule has 1 unspecified atom stereocenters. The maximum atomic E-state index is 13.9. The van der Waals surface area contributed by atoms with E-state index in [0.29, 0.717) is 18.1 Å². The van der Waals surface area contributed by atoms with Gasteiger partial charge >= 0.3 is 6.03 Å². The van der Waals surface area contributed by atoms with Gasteiger partial charge in [-0.2, -0.15) is 0 Å². The van der Waals surface area contributed by atoms with Crippen molar-refractivity contribution in [3.63, 3.8) is 0 Å². The summed E-state index contributed by atoms with van der Waals surface area (Å²) in [5.74, 6) is 0.0210. The second-order valence-corrected chi connectivity index (χ2v) is 8.41. The third-order valence-electron chi connectivity index (χ3n) is 5.65. The number of anilines is 2. The van der Waals surface area contributed by atoms with Gasteiger partial charge in [-0.15, -0.1) is 4.59 Å². The molecule has 7 nitrogen and oxygen atoms in total. The number of halogens is 1. The summed E-state index contributed by atoms with van der Waals surface area (Å²) in [5.41, 5.74) is 10.7. The van der Waals surface area contributed by atoms with E-state index < -0.39 is 11.8 Å². The lowest BCUT2D eigenvalue weighted by atomic mass is 10.1. The van der Waals surface area contributed by atoms with Crippen molar-refractivity contribution in [2.45, 2.75) is 6.92 Å². The zero-order chi connectivity index (χ0) is 23.6. The number of amides is 2. The number of para-hydroxylation sites is 1. The molecule has 0 radical (unpaired) electrons. The first kappa shape index (κ1) is 22.4. The molecule has 0 saturated heterocycles. The van der Waals surface area contributed by atoms with E-state index in [4.69, 9.17) is 10.8 Å². The van der Waals surface area contributed by atoms with Gasteiger partial charge in [0.05, 0.1) is 17.8 Å². The number of hydrogen-bond donors (Lipinski definition) is 3. The summed E-state index contributed by atoms with van der Waals surface area (Å²) in [6.07, 6.45) is 0. The lowest BCUT2D eigenvalue weighted by Crippen LogP contribution is -2.42. The fraction of sp³-hybridized carbons (Fsp3) is 0.200. The lowest BCUT2D eigenvalue weighted by Gasteiger charge is -2.29. The van der Waals surface area contributed by atoms with Crippen LogP contribution in [0.25, 0.3) is 0 Å². The Labute approximate surface area is 192 Å². The van der Waals surface area contributed by atoms with Crippen molar-refractivity contribution < 1.29 is 9.18 Å². The molecule has 1 aliphatic rings. The first-order chi connectivity index (χ1) is 15.8. The van der Waals surface area contributed by atoms with Crippen LogP contribution in [0, 0.1) is 12.7 Å². The van der Waals surface area contributed by atoms with Gasteiger partial charge in [0, 0.05) is 23.9 Å². The SMILES string of the molecule is Cc1ccc(F)c(NC(=O)Nc2ccc([N+]3(CCN(C)C)N=C(N)c4ccccc43)cc2)c1. The van der Waals surface area contributed by atoms with Crippen molar-refractivity contribution in [2.75, 3.05) is 37.8 Å². The van der Waals surface area contributed by atoms with Gasteiger partial charge in [0.1, 0.15) is 12.4 Å². The molecule has 0 spiro atoms. The Morgan fingerprint density at radius 2 is 1.79 bits per heavy atom.